The molecule has 94 valence electrons. The Morgan fingerprint density at radius 3 is 2.82 bits per heavy atom. The third kappa shape index (κ3) is 5.38. The summed E-state index contributed by atoms with van der Waals surface area (Å²) in [4.78, 5) is 11.6. The molecule has 1 aromatic carbocycles. The van der Waals surface area contributed by atoms with Gasteiger partial charge in [0.1, 0.15) is 5.75 Å². The molecule has 3 heteroatoms. The molecule has 1 rings (SSSR count). The molecular formula is C14H21NO2. The van der Waals surface area contributed by atoms with Crippen molar-refractivity contribution < 1.29 is 9.53 Å². The summed E-state index contributed by atoms with van der Waals surface area (Å²) in [6.45, 7) is 5.04. The molecule has 0 aliphatic heterocycles. The van der Waals surface area contributed by atoms with Crippen molar-refractivity contribution in [2.24, 2.45) is 5.92 Å². The van der Waals surface area contributed by atoms with Crippen molar-refractivity contribution in [2.75, 3.05) is 13.7 Å². The molecule has 0 atom stereocenters. The van der Waals surface area contributed by atoms with Gasteiger partial charge in [-0.3, -0.25) is 4.79 Å². The van der Waals surface area contributed by atoms with Crippen molar-refractivity contribution in [2.45, 2.75) is 26.7 Å². The molecule has 0 aromatic heterocycles. The average molecular weight is 235 g/mol. The Balaban J connectivity index is 2.39. The molecule has 0 spiro atoms. The predicted molar refractivity (Wildman–Crippen MR) is 69.2 cm³/mol. The van der Waals surface area contributed by atoms with Gasteiger partial charge in [0, 0.05) is 6.54 Å². The van der Waals surface area contributed by atoms with Gasteiger partial charge in [0.05, 0.1) is 13.5 Å². The number of carbonyl (C=O) groups excluding carboxylic acids is 1. The van der Waals surface area contributed by atoms with Crippen LogP contribution >= 0.6 is 0 Å². The van der Waals surface area contributed by atoms with E-state index >= 15 is 0 Å². The number of rotatable bonds is 6. The monoisotopic (exact) mass is 235 g/mol. The maximum atomic E-state index is 11.6. The van der Waals surface area contributed by atoms with Crippen LogP contribution in [-0.2, 0) is 11.2 Å². The van der Waals surface area contributed by atoms with E-state index in [9.17, 15) is 4.79 Å². The lowest BCUT2D eigenvalue weighted by atomic mass is 10.1. The molecule has 1 amide bonds. The van der Waals surface area contributed by atoms with E-state index in [1.807, 2.05) is 24.3 Å². The van der Waals surface area contributed by atoms with Crippen LogP contribution < -0.4 is 10.1 Å². The van der Waals surface area contributed by atoms with Crippen molar-refractivity contribution in [3.05, 3.63) is 29.8 Å². The van der Waals surface area contributed by atoms with Crippen LogP contribution in [0.15, 0.2) is 24.3 Å². The van der Waals surface area contributed by atoms with E-state index in [0.717, 1.165) is 24.3 Å². The first-order valence-electron chi connectivity index (χ1n) is 6.01. The number of nitrogens with one attached hydrogen (secondary N) is 1. The van der Waals surface area contributed by atoms with Crippen LogP contribution in [0.2, 0.25) is 0 Å². The molecule has 0 saturated heterocycles. The van der Waals surface area contributed by atoms with E-state index in [1.54, 1.807) is 7.11 Å². The van der Waals surface area contributed by atoms with Gasteiger partial charge in [0.2, 0.25) is 5.91 Å². The van der Waals surface area contributed by atoms with Gasteiger partial charge in [-0.2, -0.15) is 0 Å². The Kier molecular flexibility index (Phi) is 5.53. The fourth-order valence-corrected chi connectivity index (χ4v) is 1.53. The summed E-state index contributed by atoms with van der Waals surface area (Å²) in [6.07, 6.45) is 1.43. The predicted octanol–water partition coefficient (Wildman–Crippen LogP) is 2.40. The first-order valence-corrected chi connectivity index (χ1v) is 6.01. The minimum atomic E-state index is 0.0684. The van der Waals surface area contributed by atoms with Crippen molar-refractivity contribution >= 4 is 5.91 Å². The van der Waals surface area contributed by atoms with Crippen LogP contribution in [0, 0.1) is 5.92 Å². The highest BCUT2D eigenvalue weighted by Gasteiger charge is 2.04. The van der Waals surface area contributed by atoms with Crippen molar-refractivity contribution in [3.63, 3.8) is 0 Å². The van der Waals surface area contributed by atoms with Gasteiger partial charge in [-0.25, -0.2) is 0 Å². The van der Waals surface area contributed by atoms with Crippen molar-refractivity contribution in [3.8, 4) is 5.75 Å². The summed E-state index contributed by atoms with van der Waals surface area (Å²) >= 11 is 0. The summed E-state index contributed by atoms with van der Waals surface area (Å²) in [7, 11) is 1.63. The van der Waals surface area contributed by atoms with Gasteiger partial charge in [-0.15, -0.1) is 0 Å². The molecule has 0 aliphatic rings. The smallest absolute Gasteiger partial charge is 0.224 e. The van der Waals surface area contributed by atoms with E-state index < -0.39 is 0 Å². The highest BCUT2D eigenvalue weighted by atomic mass is 16.5. The maximum Gasteiger partial charge on any atom is 0.224 e. The zero-order valence-corrected chi connectivity index (χ0v) is 10.8. The second kappa shape index (κ2) is 6.94. The van der Waals surface area contributed by atoms with Crippen LogP contribution in [-0.4, -0.2) is 19.6 Å². The Morgan fingerprint density at radius 1 is 1.41 bits per heavy atom. The van der Waals surface area contributed by atoms with Crippen LogP contribution in [0.3, 0.4) is 0 Å². The zero-order chi connectivity index (χ0) is 12.7. The normalized spacial score (nSPS) is 10.4. The van der Waals surface area contributed by atoms with E-state index in [0.29, 0.717) is 12.3 Å². The summed E-state index contributed by atoms with van der Waals surface area (Å²) in [5.74, 6) is 1.48. The van der Waals surface area contributed by atoms with Gasteiger partial charge in [0.15, 0.2) is 0 Å². The molecular weight excluding hydrogens is 214 g/mol. The lowest BCUT2D eigenvalue weighted by Gasteiger charge is -2.08. The van der Waals surface area contributed by atoms with Gasteiger partial charge in [-0.1, -0.05) is 26.0 Å². The number of ether oxygens (including phenoxy) is 1. The standard InChI is InChI=1S/C14H21NO2/c1-11(2)7-8-15-14(16)10-12-5-4-6-13(9-12)17-3/h4-6,9,11H,7-8,10H2,1-3H3,(H,15,16). The number of benzene rings is 1. The van der Waals surface area contributed by atoms with Crippen LogP contribution in [0.1, 0.15) is 25.8 Å². The highest BCUT2D eigenvalue weighted by Crippen LogP contribution is 2.12. The largest absolute Gasteiger partial charge is 0.497 e. The van der Waals surface area contributed by atoms with Crippen LogP contribution in [0.25, 0.3) is 0 Å². The summed E-state index contributed by atoms with van der Waals surface area (Å²) in [5, 5.41) is 2.92. The Labute approximate surface area is 103 Å². The number of amides is 1. The summed E-state index contributed by atoms with van der Waals surface area (Å²) < 4.78 is 5.12. The summed E-state index contributed by atoms with van der Waals surface area (Å²) in [5.41, 5.74) is 0.978. The van der Waals surface area contributed by atoms with E-state index in [4.69, 9.17) is 4.74 Å². The van der Waals surface area contributed by atoms with E-state index in [2.05, 4.69) is 19.2 Å². The molecule has 1 N–H and O–H groups in total. The molecule has 3 nitrogen and oxygen atoms in total. The molecule has 0 unspecified atom stereocenters. The molecule has 0 aliphatic carbocycles. The fourth-order valence-electron chi connectivity index (χ4n) is 1.53. The number of methoxy groups -OCH3 is 1. The van der Waals surface area contributed by atoms with Gasteiger partial charge >= 0.3 is 0 Å². The van der Waals surface area contributed by atoms with Gasteiger partial charge in [-0.05, 0) is 30.0 Å². The first kappa shape index (κ1) is 13.6. The van der Waals surface area contributed by atoms with Gasteiger partial charge in [0.25, 0.3) is 0 Å². The second-order valence-corrected chi connectivity index (χ2v) is 4.56. The Bertz CT molecular complexity index is 361. The molecule has 17 heavy (non-hydrogen) atoms. The lowest BCUT2D eigenvalue weighted by Crippen LogP contribution is -2.26. The number of hydrogen-bond acceptors (Lipinski definition) is 2. The third-order valence-electron chi connectivity index (χ3n) is 2.54. The van der Waals surface area contributed by atoms with Crippen LogP contribution in [0.4, 0.5) is 0 Å². The average Bonchev–Trinajstić information content (AvgIpc) is 2.28. The molecule has 0 heterocycles. The van der Waals surface area contributed by atoms with Crippen LogP contribution in [0.5, 0.6) is 5.75 Å². The minimum Gasteiger partial charge on any atom is -0.497 e. The lowest BCUT2D eigenvalue weighted by molar-refractivity contribution is -0.120. The SMILES string of the molecule is COc1cccc(CC(=O)NCCC(C)C)c1. The molecule has 0 fully saturated rings. The maximum absolute atomic E-state index is 11.6. The topological polar surface area (TPSA) is 38.3 Å². The highest BCUT2D eigenvalue weighted by molar-refractivity contribution is 5.78. The quantitative estimate of drug-likeness (QED) is 0.822. The third-order valence-corrected chi connectivity index (χ3v) is 2.54. The molecule has 1 aromatic rings. The van der Waals surface area contributed by atoms with Crippen molar-refractivity contribution in [1.29, 1.82) is 0 Å². The summed E-state index contributed by atoms with van der Waals surface area (Å²) in [6, 6.07) is 7.60. The Morgan fingerprint density at radius 2 is 2.18 bits per heavy atom. The van der Waals surface area contributed by atoms with Gasteiger partial charge < -0.3 is 10.1 Å². The molecule has 0 radical (unpaired) electrons. The number of hydrogen-bond donors (Lipinski definition) is 1. The molecule has 0 saturated carbocycles. The van der Waals surface area contributed by atoms with Crippen molar-refractivity contribution in [1.82, 2.24) is 5.32 Å². The first-order chi connectivity index (χ1) is 8.11. The zero-order valence-electron chi connectivity index (χ0n) is 10.8. The fraction of sp³-hybridized carbons (Fsp3) is 0.500. The number of carbonyl (C=O) groups is 1. The molecule has 0 bridgehead atoms. The van der Waals surface area contributed by atoms with E-state index in [1.165, 1.54) is 0 Å². The Hall–Kier alpha value is -1.51. The minimum absolute atomic E-state index is 0.0684. The second-order valence-electron chi connectivity index (χ2n) is 4.56. The van der Waals surface area contributed by atoms with E-state index in [-0.39, 0.29) is 5.91 Å².